The molecule has 0 spiro atoms. The standard InChI is InChI=1S/C14H27O2PS/c1-14(2,16-17(3,15)18)12-11-13-9-7-5-4-6-8-10-13/h4-5,13H,6-12H2,1-3H3,(H,15,18)/b5-4+. The van der Waals surface area contributed by atoms with E-state index in [4.69, 9.17) is 16.3 Å². The molecule has 0 aliphatic heterocycles. The molecule has 0 bridgehead atoms. The van der Waals surface area contributed by atoms with Gasteiger partial charge in [0.25, 0.3) is 0 Å². The second kappa shape index (κ2) is 7.19. The van der Waals surface area contributed by atoms with E-state index >= 15 is 0 Å². The lowest BCUT2D eigenvalue weighted by Crippen LogP contribution is -2.24. The van der Waals surface area contributed by atoms with Gasteiger partial charge in [-0.2, -0.15) is 0 Å². The molecule has 18 heavy (non-hydrogen) atoms. The van der Waals surface area contributed by atoms with Gasteiger partial charge in [-0.15, -0.1) is 0 Å². The maximum Gasteiger partial charge on any atom is 0.183 e. The van der Waals surface area contributed by atoms with Gasteiger partial charge in [0.1, 0.15) is 0 Å². The van der Waals surface area contributed by atoms with Crippen LogP contribution in [-0.2, 0) is 16.3 Å². The van der Waals surface area contributed by atoms with Crippen LogP contribution >= 0.6 is 6.49 Å². The minimum Gasteiger partial charge on any atom is -0.345 e. The maximum absolute atomic E-state index is 9.67. The molecule has 1 rings (SSSR count). The van der Waals surface area contributed by atoms with Gasteiger partial charge < -0.3 is 9.42 Å². The summed E-state index contributed by atoms with van der Waals surface area (Å²) in [5.41, 5.74) is -0.294. The van der Waals surface area contributed by atoms with Crippen molar-refractivity contribution in [2.75, 3.05) is 6.66 Å². The Morgan fingerprint density at radius 2 is 2.00 bits per heavy atom. The van der Waals surface area contributed by atoms with E-state index in [0.29, 0.717) is 0 Å². The van der Waals surface area contributed by atoms with Crippen molar-refractivity contribution in [3.05, 3.63) is 12.2 Å². The highest BCUT2D eigenvalue weighted by Gasteiger charge is 2.25. The van der Waals surface area contributed by atoms with Gasteiger partial charge in [0, 0.05) is 6.66 Å². The molecule has 4 heteroatoms. The van der Waals surface area contributed by atoms with Gasteiger partial charge in [0.15, 0.2) is 6.49 Å². The van der Waals surface area contributed by atoms with Crippen LogP contribution in [0, 0.1) is 5.92 Å². The summed E-state index contributed by atoms with van der Waals surface area (Å²) < 4.78 is 5.64. The Hall–Kier alpha value is 0.310. The third-order valence-corrected chi connectivity index (χ3v) is 4.52. The fourth-order valence-electron chi connectivity index (χ4n) is 2.58. The quantitative estimate of drug-likeness (QED) is 0.591. The third kappa shape index (κ3) is 7.68. The van der Waals surface area contributed by atoms with Crippen molar-refractivity contribution in [3.8, 4) is 0 Å². The molecule has 1 aliphatic rings. The molecule has 0 fully saturated rings. The van der Waals surface area contributed by atoms with Crippen LogP contribution in [0.4, 0.5) is 0 Å². The maximum atomic E-state index is 9.67. The molecule has 0 saturated heterocycles. The van der Waals surface area contributed by atoms with Crippen LogP contribution in [0.2, 0.25) is 0 Å². The Labute approximate surface area is 117 Å². The monoisotopic (exact) mass is 290 g/mol. The SMILES string of the molecule is CC(C)(CCC1CC/C=C/CCC1)OP(C)(O)=S. The Kier molecular flexibility index (Phi) is 6.54. The normalized spacial score (nSPS) is 27.0. The lowest BCUT2D eigenvalue weighted by molar-refractivity contribution is 0.0919. The van der Waals surface area contributed by atoms with Gasteiger partial charge in [0.05, 0.1) is 5.60 Å². The van der Waals surface area contributed by atoms with E-state index < -0.39 is 6.49 Å². The van der Waals surface area contributed by atoms with Gasteiger partial charge in [-0.25, -0.2) is 0 Å². The fourth-order valence-corrected chi connectivity index (χ4v) is 4.19. The first-order chi connectivity index (χ1) is 8.29. The van der Waals surface area contributed by atoms with Gasteiger partial charge in [-0.05, 0) is 70.1 Å². The van der Waals surface area contributed by atoms with Gasteiger partial charge >= 0.3 is 0 Å². The van der Waals surface area contributed by atoms with Crippen molar-refractivity contribution in [2.45, 2.75) is 64.4 Å². The van der Waals surface area contributed by atoms with Gasteiger partial charge in [-0.3, -0.25) is 0 Å². The van der Waals surface area contributed by atoms with E-state index in [1.807, 2.05) is 13.8 Å². The highest BCUT2D eigenvalue weighted by atomic mass is 32.5. The van der Waals surface area contributed by atoms with Crippen LogP contribution in [0.1, 0.15) is 58.8 Å². The van der Waals surface area contributed by atoms with Crippen molar-refractivity contribution in [3.63, 3.8) is 0 Å². The number of allylic oxidation sites excluding steroid dienone is 2. The summed E-state index contributed by atoms with van der Waals surface area (Å²) in [6.45, 7) is 3.16. The molecule has 1 aliphatic carbocycles. The Balaban J connectivity index is 2.38. The molecule has 2 nitrogen and oxygen atoms in total. The molecule has 0 aromatic rings. The molecule has 2 unspecified atom stereocenters. The van der Waals surface area contributed by atoms with E-state index in [-0.39, 0.29) is 5.60 Å². The minimum absolute atomic E-state index is 0.294. The summed E-state index contributed by atoms with van der Waals surface area (Å²) in [5.74, 6) is 0.797. The fraction of sp³-hybridized carbons (Fsp3) is 0.857. The smallest absolute Gasteiger partial charge is 0.183 e. The predicted molar refractivity (Wildman–Crippen MR) is 82.5 cm³/mol. The molecule has 0 aromatic carbocycles. The molecule has 0 radical (unpaired) electrons. The van der Waals surface area contributed by atoms with Crippen LogP contribution in [0.25, 0.3) is 0 Å². The van der Waals surface area contributed by atoms with E-state index in [2.05, 4.69) is 12.2 Å². The molecule has 0 aromatic heterocycles. The van der Waals surface area contributed by atoms with Crippen LogP contribution in [0.5, 0.6) is 0 Å². The highest BCUT2D eigenvalue weighted by Crippen LogP contribution is 2.44. The summed E-state index contributed by atoms with van der Waals surface area (Å²) in [4.78, 5) is 9.67. The van der Waals surface area contributed by atoms with Crippen LogP contribution < -0.4 is 0 Å². The topological polar surface area (TPSA) is 29.5 Å². The van der Waals surface area contributed by atoms with E-state index in [9.17, 15) is 4.89 Å². The van der Waals surface area contributed by atoms with E-state index in [0.717, 1.165) is 12.3 Å². The number of hydrogen-bond acceptors (Lipinski definition) is 2. The molecular weight excluding hydrogens is 263 g/mol. The van der Waals surface area contributed by atoms with Crippen molar-refractivity contribution in [1.82, 2.24) is 0 Å². The van der Waals surface area contributed by atoms with Crippen molar-refractivity contribution in [2.24, 2.45) is 5.92 Å². The summed E-state index contributed by atoms with van der Waals surface area (Å²) in [5, 5.41) is 0. The van der Waals surface area contributed by atoms with Crippen LogP contribution in [0.15, 0.2) is 12.2 Å². The third-order valence-electron chi connectivity index (χ3n) is 3.46. The van der Waals surface area contributed by atoms with Crippen molar-refractivity contribution in [1.29, 1.82) is 0 Å². The molecule has 106 valence electrons. The molecule has 0 amide bonds. The van der Waals surface area contributed by atoms with Gasteiger partial charge in [-0.1, -0.05) is 18.6 Å². The first-order valence-corrected chi connectivity index (χ1v) is 10.1. The predicted octanol–water partition coefficient (Wildman–Crippen LogP) is 4.63. The summed E-state index contributed by atoms with van der Waals surface area (Å²) in [6, 6.07) is 0. The first-order valence-electron chi connectivity index (χ1n) is 6.94. The van der Waals surface area contributed by atoms with Gasteiger partial charge in [0.2, 0.25) is 0 Å². The number of hydrogen-bond donors (Lipinski definition) is 1. The average molecular weight is 290 g/mol. The molecule has 1 N–H and O–H groups in total. The molecular formula is C14H27O2PS. The summed E-state index contributed by atoms with van der Waals surface area (Å²) in [7, 11) is 0. The minimum atomic E-state index is -2.55. The lowest BCUT2D eigenvalue weighted by atomic mass is 9.87. The first kappa shape index (κ1) is 16.4. The van der Waals surface area contributed by atoms with E-state index in [1.165, 1.54) is 38.5 Å². The Bertz CT molecular complexity index is 320. The second-order valence-electron chi connectivity index (χ2n) is 6.04. The summed E-state index contributed by atoms with van der Waals surface area (Å²) in [6.07, 6.45) is 13.1. The van der Waals surface area contributed by atoms with Crippen LogP contribution in [0.3, 0.4) is 0 Å². The highest BCUT2D eigenvalue weighted by molar-refractivity contribution is 8.09. The molecule has 2 atom stereocenters. The Morgan fingerprint density at radius 3 is 2.67 bits per heavy atom. The van der Waals surface area contributed by atoms with Crippen LogP contribution in [-0.4, -0.2) is 17.2 Å². The average Bonchev–Trinajstić information content (AvgIpc) is 2.11. The zero-order chi connectivity index (χ0) is 13.6. The van der Waals surface area contributed by atoms with Crippen molar-refractivity contribution >= 4 is 18.3 Å². The summed E-state index contributed by atoms with van der Waals surface area (Å²) >= 11 is 4.98. The Morgan fingerprint density at radius 1 is 1.33 bits per heavy atom. The largest absolute Gasteiger partial charge is 0.345 e. The number of rotatable bonds is 5. The lowest BCUT2D eigenvalue weighted by Gasteiger charge is -2.30. The zero-order valence-corrected chi connectivity index (χ0v) is 13.6. The van der Waals surface area contributed by atoms with E-state index in [1.54, 1.807) is 6.66 Å². The van der Waals surface area contributed by atoms with Crippen molar-refractivity contribution < 1.29 is 9.42 Å². The molecule has 0 heterocycles. The second-order valence-corrected chi connectivity index (χ2v) is 9.86. The zero-order valence-electron chi connectivity index (χ0n) is 11.9. The molecule has 0 saturated carbocycles.